The Kier molecular flexibility index (Phi) is 9.28. The lowest BCUT2D eigenvalue weighted by molar-refractivity contribution is 0.171. The summed E-state index contributed by atoms with van der Waals surface area (Å²) in [5.74, 6) is -0.502. The molecule has 2 N–H and O–H groups in total. The lowest BCUT2D eigenvalue weighted by Gasteiger charge is -2.19. The first-order chi connectivity index (χ1) is 8.19. The quantitative estimate of drug-likeness (QED) is 0.378. The Bertz CT molecular complexity index is 277. The molecule has 0 spiro atoms. The number of ether oxygens (including phenoxy) is 1. The molecule has 0 aromatic heterocycles. The summed E-state index contributed by atoms with van der Waals surface area (Å²) in [6.45, 7) is 8.96. The summed E-state index contributed by atoms with van der Waals surface area (Å²) in [4.78, 5) is 5.57. The third-order valence-corrected chi connectivity index (χ3v) is 2.23. The van der Waals surface area contributed by atoms with Crippen molar-refractivity contribution in [2.75, 3.05) is 39.8 Å². The minimum Gasteiger partial charge on any atom is -0.487 e. The smallest absolute Gasteiger partial charge is 0.250 e. The van der Waals surface area contributed by atoms with E-state index in [0.29, 0.717) is 19.7 Å². The fraction of sp³-hybridized carbons (Fsp3) is 0.583. The van der Waals surface area contributed by atoms with Crippen LogP contribution in [0.5, 0.6) is 0 Å². The highest BCUT2D eigenvalue weighted by Gasteiger charge is 2.07. The zero-order chi connectivity index (χ0) is 13.1. The third-order valence-electron chi connectivity index (χ3n) is 2.23. The van der Waals surface area contributed by atoms with Gasteiger partial charge >= 0.3 is 0 Å². The fourth-order valence-electron chi connectivity index (χ4n) is 1.29. The molecule has 0 atom stereocenters. The number of nitrogens with zero attached hydrogens (tertiary/aromatic N) is 2. The number of nitrogens with two attached hydrogens (primary N) is 1. The molecular formula is C12H22FN3O. The summed E-state index contributed by atoms with van der Waals surface area (Å²) in [5, 5.41) is 0. The third kappa shape index (κ3) is 6.86. The van der Waals surface area contributed by atoms with E-state index in [1.165, 1.54) is 19.2 Å². The van der Waals surface area contributed by atoms with E-state index in [9.17, 15) is 4.39 Å². The molecule has 0 radical (unpaired) electrons. The van der Waals surface area contributed by atoms with E-state index >= 15 is 0 Å². The summed E-state index contributed by atoms with van der Waals surface area (Å²) >= 11 is 0. The van der Waals surface area contributed by atoms with E-state index in [0.717, 1.165) is 13.1 Å². The van der Waals surface area contributed by atoms with Gasteiger partial charge in [0.15, 0.2) is 5.76 Å². The van der Waals surface area contributed by atoms with Gasteiger partial charge in [0.2, 0.25) is 5.97 Å². The van der Waals surface area contributed by atoms with Crippen molar-refractivity contribution in [3.05, 3.63) is 24.5 Å². The minimum atomic E-state index is -0.619. The Labute approximate surface area is 103 Å². The topological polar surface area (TPSA) is 50.9 Å². The molecule has 0 aromatic rings. The maximum absolute atomic E-state index is 13.2. The highest BCUT2D eigenvalue weighted by atomic mass is 19.1. The molecule has 0 aliphatic rings. The van der Waals surface area contributed by atoms with Crippen LogP contribution >= 0.6 is 0 Å². The summed E-state index contributed by atoms with van der Waals surface area (Å²) in [7, 11) is 1.38. The Balaban J connectivity index is 4.14. The zero-order valence-corrected chi connectivity index (χ0v) is 10.7. The Morgan fingerprint density at radius 3 is 2.71 bits per heavy atom. The van der Waals surface area contributed by atoms with Gasteiger partial charge in [-0.1, -0.05) is 19.6 Å². The van der Waals surface area contributed by atoms with Crippen molar-refractivity contribution in [1.29, 1.82) is 0 Å². The molecule has 0 aliphatic carbocycles. The van der Waals surface area contributed by atoms with E-state index in [-0.39, 0.29) is 5.76 Å². The average Bonchev–Trinajstić information content (AvgIpc) is 2.35. The van der Waals surface area contributed by atoms with Gasteiger partial charge in [-0.05, 0) is 12.6 Å². The fourth-order valence-corrected chi connectivity index (χ4v) is 1.29. The summed E-state index contributed by atoms with van der Waals surface area (Å²) in [6.07, 6.45) is 2.93. The minimum absolute atomic E-state index is 0.117. The van der Waals surface area contributed by atoms with Crippen LogP contribution in [0.1, 0.15) is 6.92 Å². The first kappa shape index (κ1) is 15.8. The molecule has 0 rings (SSSR count). The number of hydrogen-bond acceptors (Lipinski definition) is 4. The lowest BCUT2D eigenvalue weighted by atomic mass is 10.4. The number of halogens is 1. The molecule has 0 unspecified atom stereocenters. The van der Waals surface area contributed by atoms with Crippen LogP contribution in [0, 0.1) is 0 Å². The van der Waals surface area contributed by atoms with Gasteiger partial charge in [0.05, 0.1) is 0 Å². The Morgan fingerprint density at radius 1 is 1.53 bits per heavy atom. The van der Waals surface area contributed by atoms with Crippen molar-refractivity contribution < 1.29 is 9.13 Å². The molecule has 0 fully saturated rings. The Hall–Kier alpha value is -1.20. The number of aliphatic imine (C=N–C) groups is 1. The van der Waals surface area contributed by atoms with Crippen LogP contribution in [0.3, 0.4) is 0 Å². The molecule has 0 aliphatic heterocycles. The van der Waals surface area contributed by atoms with Gasteiger partial charge in [0.25, 0.3) is 0 Å². The Morgan fingerprint density at radius 2 is 2.24 bits per heavy atom. The van der Waals surface area contributed by atoms with Crippen molar-refractivity contribution >= 4 is 5.97 Å². The van der Waals surface area contributed by atoms with Crippen LogP contribution in [0.2, 0.25) is 0 Å². The van der Waals surface area contributed by atoms with Crippen molar-refractivity contribution in [3.8, 4) is 0 Å². The standard InChI is InChI=1S/C12H22FN3O/c1-4-6-11(12(13)15-3)17-10-9-16(5-2)8-7-14/h4,6H,1,5,7-10,14H2,2-3H3/b11-6+,15-12?. The predicted octanol–water partition coefficient (Wildman–Crippen LogP) is 1.35. The van der Waals surface area contributed by atoms with Crippen LogP contribution in [0.25, 0.3) is 0 Å². The van der Waals surface area contributed by atoms with E-state index < -0.39 is 5.97 Å². The zero-order valence-electron chi connectivity index (χ0n) is 10.7. The summed E-state index contributed by atoms with van der Waals surface area (Å²) < 4.78 is 18.5. The second-order valence-corrected chi connectivity index (χ2v) is 3.35. The van der Waals surface area contributed by atoms with Crippen molar-refractivity contribution in [2.24, 2.45) is 10.7 Å². The second kappa shape index (κ2) is 9.99. The van der Waals surface area contributed by atoms with Crippen LogP contribution in [-0.2, 0) is 4.74 Å². The van der Waals surface area contributed by atoms with Gasteiger partial charge in [-0.3, -0.25) is 9.89 Å². The summed E-state index contributed by atoms with van der Waals surface area (Å²) in [5.41, 5.74) is 5.47. The van der Waals surface area contributed by atoms with Crippen molar-refractivity contribution in [2.45, 2.75) is 6.92 Å². The number of rotatable bonds is 9. The highest BCUT2D eigenvalue weighted by Crippen LogP contribution is 2.03. The van der Waals surface area contributed by atoms with Crippen LogP contribution in [-0.4, -0.2) is 50.7 Å². The average molecular weight is 243 g/mol. The van der Waals surface area contributed by atoms with E-state index in [1.807, 2.05) is 6.92 Å². The van der Waals surface area contributed by atoms with E-state index in [1.54, 1.807) is 0 Å². The van der Waals surface area contributed by atoms with Crippen LogP contribution in [0.15, 0.2) is 29.5 Å². The molecule has 0 amide bonds. The van der Waals surface area contributed by atoms with Crippen LogP contribution < -0.4 is 5.73 Å². The molecule has 0 saturated carbocycles. The second-order valence-electron chi connectivity index (χ2n) is 3.35. The molecule has 0 saturated heterocycles. The van der Waals surface area contributed by atoms with Gasteiger partial charge in [-0.25, -0.2) is 0 Å². The van der Waals surface area contributed by atoms with Crippen LogP contribution in [0.4, 0.5) is 4.39 Å². The lowest BCUT2D eigenvalue weighted by Crippen LogP contribution is -2.32. The first-order valence-corrected chi connectivity index (χ1v) is 5.70. The van der Waals surface area contributed by atoms with Crippen molar-refractivity contribution in [3.63, 3.8) is 0 Å². The van der Waals surface area contributed by atoms with Gasteiger partial charge in [0, 0.05) is 26.7 Å². The molecule has 17 heavy (non-hydrogen) atoms. The normalized spacial score (nSPS) is 13.0. The molecule has 0 bridgehead atoms. The van der Waals surface area contributed by atoms with Gasteiger partial charge in [-0.2, -0.15) is 4.39 Å². The first-order valence-electron chi connectivity index (χ1n) is 5.70. The SMILES string of the molecule is C=C/C=C(/OCCN(CC)CCN)C(F)=NC. The molecule has 4 nitrogen and oxygen atoms in total. The molecule has 98 valence electrons. The molecule has 5 heteroatoms. The van der Waals surface area contributed by atoms with Gasteiger partial charge < -0.3 is 10.5 Å². The van der Waals surface area contributed by atoms with E-state index in [2.05, 4.69) is 16.5 Å². The van der Waals surface area contributed by atoms with Crippen molar-refractivity contribution in [1.82, 2.24) is 4.90 Å². The van der Waals surface area contributed by atoms with Gasteiger partial charge in [0.1, 0.15) is 6.61 Å². The highest BCUT2D eigenvalue weighted by molar-refractivity contribution is 5.90. The van der Waals surface area contributed by atoms with Gasteiger partial charge in [-0.15, -0.1) is 0 Å². The largest absolute Gasteiger partial charge is 0.487 e. The predicted molar refractivity (Wildman–Crippen MR) is 69.9 cm³/mol. The molecular weight excluding hydrogens is 221 g/mol. The maximum atomic E-state index is 13.2. The molecule has 0 aromatic carbocycles. The summed E-state index contributed by atoms with van der Waals surface area (Å²) in [6, 6.07) is 0. The van der Waals surface area contributed by atoms with E-state index in [4.69, 9.17) is 10.5 Å². The number of likely N-dealkylation sites (N-methyl/N-ethyl adjacent to an activating group) is 1. The number of hydrogen-bond donors (Lipinski definition) is 1. The number of allylic oxidation sites excluding steroid dienone is 3. The molecule has 0 heterocycles. The monoisotopic (exact) mass is 243 g/mol. The maximum Gasteiger partial charge on any atom is 0.250 e.